The third-order valence-corrected chi connectivity index (χ3v) is 3.72. The lowest BCUT2D eigenvalue weighted by Gasteiger charge is -2.21. The molecule has 1 atom stereocenters. The van der Waals surface area contributed by atoms with Gasteiger partial charge in [0.25, 0.3) is 0 Å². The van der Waals surface area contributed by atoms with Crippen LogP contribution in [-0.4, -0.2) is 39.7 Å². The van der Waals surface area contributed by atoms with Gasteiger partial charge in [-0.25, -0.2) is 4.98 Å². The minimum Gasteiger partial charge on any atom is -0.376 e. The van der Waals surface area contributed by atoms with E-state index in [2.05, 4.69) is 46.4 Å². The second kappa shape index (κ2) is 7.13. The average Bonchev–Trinajstić information content (AvgIpc) is 3.05. The number of anilines is 2. The van der Waals surface area contributed by atoms with Crippen LogP contribution in [0.25, 0.3) is 11.3 Å². The Balaban J connectivity index is 1.84. The van der Waals surface area contributed by atoms with E-state index >= 15 is 0 Å². The number of hydrogen-bond donors (Lipinski definition) is 2. The van der Waals surface area contributed by atoms with E-state index in [1.54, 1.807) is 12.4 Å². The third-order valence-electron chi connectivity index (χ3n) is 3.72. The van der Waals surface area contributed by atoms with Gasteiger partial charge in [0.2, 0.25) is 5.95 Å². The summed E-state index contributed by atoms with van der Waals surface area (Å²) in [6.07, 6.45) is 6.04. The fourth-order valence-electron chi connectivity index (χ4n) is 2.62. The van der Waals surface area contributed by atoms with E-state index in [-0.39, 0.29) is 11.6 Å². The van der Waals surface area contributed by atoms with E-state index in [0.717, 1.165) is 43.1 Å². The highest BCUT2D eigenvalue weighted by molar-refractivity contribution is 5.64. The molecule has 6 nitrogen and oxygen atoms in total. The fourth-order valence-corrected chi connectivity index (χ4v) is 2.62. The Hall–Kier alpha value is -2.21. The summed E-state index contributed by atoms with van der Waals surface area (Å²) in [4.78, 5) is 13.3. The van der Waals surface area contributed by atoms with Gasteiger partial charge in [-0.15, -0.1) is 0 Å². The van der Waals surface area contributed by atoms with Gasteiger partial charge in [0.05, 0.1) is 11.8 Å². The van der Waals surface area contributed by atoms with Crippen LogP contribution in [0.3, 0.4) is 0 Å². The van der Waals surface area contributed by atoms with E-state index in [9.17, 15) is 0 Å². The Kier molecular flexibility index (Phi) is 4.94. The lowest BCUT2D eigenvalue weighted by molar-refractivity contribution is 0.120. The number of nitrogens with one attached hydrogen (secondary N) is 2. The number of ether oxygens (including phenoxy) is 1. The van der Waals surface area contributed by atoms with Crippen LogP contribution in [-0.2, 0) is 4.74 Å². The second-order valence-electron chi connectivity index (χ2n) is 7.09. The highest BCUT2D eigenvalue weighted by Crippen LogP contribution is 2.23. The lowest BCUT2D eigenvalue weighted by atomic mass is 10.1. The predicted octanol–water partition coefficient (Wildman–Crippen LogP) is 3.34. The van der Waals surface area contributed by atoms with Crippen LogP contribution in [0, 0.1) is 0 Å². The molecule has 128 valence electrons. The minimum absolute atomic E-state index is 0.108. The highest BCUT2D eigenvalue weighted by atomic mass is 16.5. The molecule has 1 saturated heterocycles. The van der Waals surface area contributed by atoms with Crippen molar-refractivity contribution in [3.8, 4) is 11.3 Å². The van der Waals surface area contributed by atoms with Gasteiger partial charge in [-0.2, -0.15) is 4.98 Å². The number of hydrogen-bond acceptors (Lipinski definition) is 6. The van der Waals surface area contributed by atoms with E-state index in [1.807, 2.05) is 18.2 Å². The molecule has 2 aromatic rings. The van der Waals surface area contributed by atoms with Crippen LogP contribution in [0.5, 0.6) is 0 Å². The van der Waals surface area contributed by atoms with Crippen molar-refractivity contribution in [3.05, 3.63) is 30.6 Å². The molecule has 2 aromatic heterocycles. The van der Waals surface area contributed by atoms with Crippen molar-refractivity contribution >= 4 is 11.8 Å². The van der Waals surface area contributed by atoms with Gasteiger partial charge < -0.3 is 15.4 Å². The third kappa shape index (κ3) is 4.64. The summed E-state index contributed by atoms with van der Waals surface area (Å²) in [6, 6.07) is 5.87. The second-order valence-corrected chi connectivity index (χ2v) is 7.09. The molecule has 0 amide bonds. The van der Waals surface area contributed by atoms with Crippen molar-refractivity contribution < 1.29 is 4.74 Å². The maximum Gasteiger partial charge on any atom is 0.225 e. The van der Waals surface area contributed by atoms with E-state index in [1.165, 1.54) is 0 Å². The van der Waals surface area contributed by atoms with Gasteiger partial charge in [0.1, 0.15) is 5.82 Å². The Labute approximate surface area is 143 Å². The van der Waals surface area contributed by atoms with Gasteiger partial charge >= 0.3 is 0 Å². The number of pyridine rings is 1. The van der Waals surface area contributed by atoms with Crippen LogP contribution in [0.4, 0.5) is 11.8 Å². The Morgan fingerprint density at radius 1 is 1.21 bits per heavy atom. The zero-order chi connectivity index (χ0) is 17.0. The monoisotopic (exact) mass is 327 g/mol. The smallest absolute Gasteiger partial charge is 0.225 e. The topological polar surface area (TPSA) is 72.0 Å². The molecule has 0 bridgehead atoms. The normalized spacial score (nSPS) is 17.7. The van der Waals surface area contributed by atoms with Gasteiger partial charge in [-0.3, -0.25) is 4.98 Å². The van der Waals surface area contributed by atoms with Gasteiger partial charge in [-0.05, 0) is 45.7 Å². The van der Waals surface area contributed by atoms with Crippen LogP contribution >= 0.6 is 0 Å². The lowest BCUT2D eigenvalue weighted by Crippen LogP contribution is -2.28. The van der Waals surface area contributed by atoms with Crippen LogP contribution in [0.1, 0.15) is 33.6 Å². The summed E-state index contributed by atoms with van der Waals surface area (Å²) in [5.74, 6) is 1.42. The summed E-state index contributed by atoms with van der Waals surface area (Å²) in [5.41, 5.74) is 1.78. The standard InChI is InChI=1S/C18H25N5O/c1-18(2,3)23-17-21-15(13-6-8-19-9-7-13)11-16(22-17)20-12-14-5-4-10-24-14/h6-9,11,14H,4-5,10,12H2,1-3H3,(H2,20,21,22,23)/t14-/m1/s1. The molecular weight excluding hydrogens is 302 g/mol. The first-order valence-corrected chi connectivity index (χ1v) is 8.43. The molecule has 0 saturated carbocycles. The van der Waals surface area contributed by atoms with Crippen molar-refractivity contribution in [3.63, 3.8) is 0 Å². The molecule has 0 unspecified atom stereocenters. The average molecular weight is 327 g/mol. The van der Waals surface area contributed by atoms with Gasteiger partial charge in [0.15, 0.2) is 0 Å². The maximum atomic E-state index is 5.67. The molecule has 3 heterocycles. The number of nitrogens with zero attached hydrogens (tertiary/aromatic N) is 3. The van der Waals surface area contributed by atoms with Crippen molar-refractivity contribution in [2.45, 2.75) is 45.3 Å². The Bertz CT molecular complexity index is 663. The Morgan fingerprint density at radius 2 is 2.00 bits per heavy atom. The summed E-state index contributed by atoms with van der Waals surface area (Å²) in [7, 11) is 0. The summed E-state index contributed by atoms with van der Waals surface area (Å²) < 4.78 is 5.67. The van der Waals surface area contributed by atoms with Crippen molar-refractivity contribution in [1.82, 2.24) is 15.0 Å². The van der Waals surface area contributed by atoms with Crippen LogP contribution in [0.15, 0.2) is 30.6 Å². The number of rotatable bonds is 5. The van der Waals surface area contributed by atoms with E-state index < -0.39 is 0 Å². The molecule has 1 aliphatic rings. The van der Waals surface area contributed by atoms with Crippen molar-refractivity contribution in [1.29, 1.82) is 0 Å². The fraction of sp³-hybridized carbons (Fsp3) is 0.500. The molecule has 1 aliphatic heterocycles. The summed E-state index contributed by atoms with van der Waals surface area (Å²) in [6.45, 7) is 7.90. The quantitative estimate of drug-likeness (QED) is 0.877. The SMILES string of the molecule is CC(C)(C)Nc1nc(NC[C@H]2CCCO2)cc(-c2ccncc2)n1. The van der Waals surface area contributed by atoms with Crippen molar-refractivity contribution in [2.75, 3.05) is 23.8 Å². The first-order valence-electron chi connectivity index (χ1n) is 8.43. The summed E-state index contributed by atoms with van der Waals surface area (Å²) >= 11 is 0. The van der Waals surface area contributed by atoms with E-state index in [4.69, 9.17) is 4.74 Å². The van der Waals surface area contributed by atoms with Gasteiger partial charge in [0, 0.05) is 42.7 Å². The zero-order valence-electron chi connectivity index (χ0n) is 14.5. The molecule has 3 rings (SSSR count). The predicted molar refractivity (Wildman–Crippen MR) is 96.1 cm³/mol. The molecular formula is C18H25N5O. The Morgan fingerprint density at radius 3 is 2.67 bits per heavy atom. The van der Waals surface area contributed by atoms with Crippen LogP contribution in [0.2, 0.25) is 0 Å². The number of aromatic nitrogens is 3. The molecule has 0 aromatic carbocycles. The molecule has 0 aliphatic carbocycles. The molecule has 6 heteroatoms. The molecule has 0 radical (unpaired) electrons. The van der Waals surface area contributed by atoms with Crippen LogP contribution < -0.4 is 10.6 Å². The molecule has 1 fully saturated rings. The zero-order valence-corrected chi connectivity index (χ0v) is 14.5. The highest BCUT2D eigenvalue weighted by Gasteiger charge is 2.17. The first-order chi connectivity index (χ1) is 11.5. The van der Waals surface area contributed by atoms with E-state index in [0.29, 0.717) is 5.95 Å². The maximum absolute atomic E-state index is 5.67. The summed E-state index contributed by atoms with van der Waals surface area (Å²) in [5, 5.41) is 6.74. The first kappa shape index (κ1) is 16.6. The van der Waals surface area contributed by atoms with Crippen molar-refractivity contribution in [2.24, 2.45) is 0 Å². The molecule has 24 heavy (non-hydrogen) atoms. The van der Waals surface area contributed by atoms with Gasteiger partial charge in [-0.1, -0.05) is 0 Å². The largest absolute Gasteiger partial charge is 0.376 e. The molecule has 0 spiro atoms. The minimum atomic E-state index is -0.108. The molecule has 2 N–H and O–H groups in total.